The van der Waals surface area contributed by atoms with Crippen LogP contribution in [0.4, 0.5) is 0 Å². The number of rotatable bonds is 7. The van der Waals surface area contributed by atoms with Gasteiger partial charge >= 0.3 is 5.97 Å². The van der Waals surface area contributed by atoms with Gasteiger partial charge in [-0.1, -0.05) is 47.5 Å². The van der Waals surface area contributed by atoms with Gasteiger partial charge in [0, 0.05) is 10.0 Å². The third-order valence-corrected chi connectivity index (χ3v) is 4.68. The summed E-state index contributed by atoms with van der Waals surface area (Å²) < 4.78 is 16.6. The van der Waals surface area contributed by atoms with Gasteiger partial charge in [-0.2, -0.15) is 0 Å². The van der Waals surface area contributed by atoms with Gasteiger partial charge in [0.15, 0.2) is 0 Å². The Morgan fingerprint density at radius 1 is 0.786 bits per heavy atom. The zero-order valence-corrected chi connectivity index (χ0v) is 16.7. The monoisotopic (exact) mass is 416 g/mol. The maximum absolute atomic E-state index is 12.4. The summed E-state index contributed by atoms with van der Waals surface area (Å²) >= 11 is 12.2. The molecule has 0 aliphatic rings. The molecule has 4 nitrogen and oxygen atoms in total. The molecule has 0 N–H and O–H groups in total. The van der Waals surface area contributed by atoms with Crippen molar-refractivity contribution < 1.29 is 19.0 Å². The first-order chi connectivity index (χ1) is 13.5. The molecular weight excluding hydrogens is 399 g/mol. The van der Waals surface area contributed by atoms with Gasteiger partial charge in [-0.15, -0.1) is 0 Å². The zero-order valence-electron chi connectivity index (χ0n) is 15.2. The van der Waals surface area contributed by atoms with Gasteiger partial charge in [0.25, 0.3) is 0 Å². The maximum Gasteiger partial charge on any atom is 0.343 e. The minimum Gasteiger partial charge on any atom is -0.490 e. The molecule has 0 bridgehead atoms. The Kier molecular flexibility index (Phi) is 6.80. The van der Waals surface area contributed by atoms with Crippen LogP contribution in [0.15, 0.2) is 66.7 Å². The van der Waals surface area contributed by atoms with Crippen molar-refractivity contribution in [2.24, 2.45) is 0 Å². The lowest BCUT2D eigenvalue weighted by molar-refractivity contribution is 0.0734. The summed E-state index contributed by atoms with van der Waals surface area (Å²) in [7, 11) is 0. The van der Waals surface area contributed by atoms with E-state index in [0.29, 0.717) is 34.6 Å². The van der Waals surface area contributed by atoms with E-state index in [0.717, 1.165) is 11.3 Å². The molecule has 0 radical (unpaired) electrons. The van der Waals surface area contributed by atoms with Crippen molar-refractivity contribution in [2.45, 2.75) is 6.92 Å². The molecule has 0 unspecified atom stereocenters. The Labute approximate surface area is 173 Å². The van der Waals surface area contributed by atoms with Crippen LogP contribution >= 0.6 is 23.2 Å². The highest BCUT2D eigenvalue weighted by Gasteiger charge is 2.12. The lowest BCUT2D eigenvalue weighted by Crippen LogP contribution is -2.11. The molecule has 0 atom stereocenters. The first-order valence-corrected chi connectivity index (χ1v) is 9.37. The minimum atomic E-state index is -0.526. The predicted molar refractivity (Wildman–Crippen MR) is 110 cm³/mol. The van der Waals surface area contributed by atoms with Gasteiger partial charge in [0.05, 0.1) is 5.56 Å². The van der Waals surface area contributed by atoms with E-state index in [-0.39, 0.29) is 5.75 Å². The lowest BCUT2D eigenvalue weighted by atomic mass is 10.2. The van der Waals surface area contributed by atoms with E-state index in [4.69, 9.17) is 37.4 Å². The molecule has 0 aliphatic heterocycles. The molecule has 28 heavy (non-hydrogen) atoms. The SMILES string of the molecule is Cc1c(Cl)cc(OC(=O)c2cccc(OCCOc3ccccc3)c2)cc1Cl. The highest BCUT2D eigenvalue weighted by molar-refractivity contribution is 6.36. The molecule has 0 saturated heterocycles. The van der Waals surface area contributed by atoms with Crippen LogP contribution in [-0.4, -0.2) is 19.2 Å². The Bertz CT molecular complexity index is 935. The van der Waals surface area contributed by atoms with Crippen molar-refractivity contribution in [3.63, 3.8) is 0 Å². The summed E-state index contributed by atoms with van der Waals surface area (Å²) in [5, 5.41) is 0.872. The van der Waals surface area contributed by atoms with Gasteiger partial charge in [-0.05, 0) is 55.0 Å². The molecule has 0 amide bonds. The number of carbonyl (C=O) groups is 1. The Hall–Kier alpha value is -2.69. The van der Waals surface area contributed by atoms with Crippen LogP contribution in [0.1, 0.15) is 15.9 Å². The second-order valence-electron chi connectivity index (χ2n) is 5.94. The average Bonchev–Trinajstić information content (AvgIpc) is 2.70. The van der Waals surface area contributed by atoms with E-state index in [1.165, 1.54) is 0 Å². The molecule has 0 spiro atoms. The van der Waals surface area contributed by atoms with Crippen LogP contribution in [0, 0.1) is 6.92 Å². The molecule has 0 heterocycles. The van der Waals surface area contributed by atoms with Gasteiger partial charge in [-0.3, -0.25) is 0 Å². The summed E-state index contributed by atoms with van der Waals surface area (Å²) in [5.74, 6) is 1.08. The fourth-order valence-corrected chi connectivity index (χ4v) is 2.86. The topological polar surface area (TPSA) is 44.8 Å². The van der Waals surface area contributed by atoms with Crippen LogP contribution in [0.3, 0.4) is 0 Å². The summed E-state index contributed by atoms with van der Waals surface area (Å²) in [5.41, 5.74) is 1.09. The fraction of sp³-hybridized carbons (Fsp3) is 0.136. The third kappa shape index (κ3) is 5.41. The van der Waals surface area contributed by atoms with E-state index < -0.39 is 5.97 Å². The van der Waals surface area contributed by atoms with E-state index in [2.05, 4.69) is 0 Å². The van der Waals surface area contributed by atoms with Crippen molar-refractivity contribution in [3.05, 3.63) is 87.9 Å². The quantitative estimate of drug-likeness (QED) is 0.270. The largest absolute Gasteiger partial charge is 0.490 e. The summed E-state index contributed by atoms with van der Waals surface area (Å²) in [4.78, 5) is 12.4. The van der Waals surface area contributed by atoms with Crippen molar-refractivity contribution in [3.8, 4) is 17.2 Å². The normalized spacial score (nSPS) is 10.4. The molecule has 6 heteroatoms. The number of benzene rings is 3. The number of esters is 1. The van der Waals surface area contributed by atoms with Crippen LogP contribution in [-0.2, 0) is 0 Å². The van der Waals surface area contributed by atoms with Crippen molar-refractivity contribution in [2.75, 3.05) is 13.2 Å². The summed E-state index contributed by atoms with van der Waals surface area (Å²) in [6, 6.07) is 19.3. The Morgan fingerprint density at radius 2 is 1.39 bits per heavy atom. The number of ether oxygens (including phenoxy) is 3. The number of hydrogen-bond acceptors (Lipinski definition) is 4. The number of para-hydroxylation sites is 1. The zero-order chi connectivity index (χ0) is 19.9. The second-order valence-corrected chi connectivity index (χ2v) is 6.75. The standard InChI is InChI=1S/C22H18Cl2O4/c1-15-20(23)13-19(14-21(15)24)28-22(25)16-6-5-9-18(12-16)27-11-10-26-17-7-3-2-4-8-17/h2-9,12-14H,10-11H2,1H3. The first kappa shape index (κ1) is 20.1. The van der Waals surface area contributed by atoms with E-state index >= 15 is 0 Å². The average molecular weight is 417 g/mol. The Balaban J connectivity index is 1.57. The van der Waals surface area contributed by atoms with Gasteiger partial charge < -0.3 is 14.2 Å². The lowest BCUT2D eigenvalue weighted by Gasteiger charge is -2.10. The van der Waals surface area contributed by atoms with Gasteiger partial charge in [0.2, 0.25) is 0 Å². The molecule has 0 aromatic heterocycles. The van der Waals surface area contributed by atoms with Crippen LogP contribution in [0.2, 0.25) is 10.0 Å². The molecule has 3 aromatic rings. The van der Waals surface area contributed by atoms with Gasteiger partial charge in [0.1, 0.15) is 30.5 Å². The van der Waals surface area contributed by atoms with Crippen LogP contribution in [0.5, 0.6) is 17.2 Å². The predicted octanol–water partition coefficient (Wildman–Crippen LogP) is 5.98. The molecule has 0 aliphatic carbocycles. The Morgan fingerprint density at radius 3 is 2.07 bits per heavy atom. The van der Waals surface area contributed by atoms with Crippen LogP contribution in [0.25, 0.3) is 0 Å². The number of hydrogen-bond donors (Lipinski definition) is 0. The number of halogens is 2. The maximum atomic E-state index is 12.4. The van der Waals surface area contributed by atoms with Crippen molar-refractivity contribution >= 4 is 29.2 Å². The fourth-order valence-electron chi connectivity index (χ4n) is 2.40. The second kappa shape index (κ2) is 9.49. The molecule has 3 aromatic carbocycles. The van der Waals surface area contributed by atoms with Crippen molar-refractivity contribution in [1.82, 2.24) is 0 Å². The summed E-state index contributed by atoms with van der Waals surface area (Å²) in [6.45, 7) is 2.52. The van der Waals surface area contributed by atoms with E-state index in [1.54, 1.807) is 43.3 Å². The molecule has 144 valence electrons. The summed E-state index contributed by atoms with van der Waals surface area (Å²) in [6.07, 6.45) is 0. The minimum absolute atomic E-state index is 0.285. The highest BCUT2D eigenvalue weighted by Crippen LogP contribution is 2.30. The van der Waals surface area contributed by atoms with E-state index in [1.807, 2.05) is 30.3 Å². The number of carbonyl (C=O) groups excluding carboxylic acids is 1. The highest BCUT2D eigenvalue weighted by atomic mass is 35.5. The smallest absolute Gasteiger partial charge is 0.343 e. The van der Waals surface area contributed by atoms with E-state index in [9.17, 15) is 4.79 Å². The molecule has 0 fully saturated rings. The van der Waals surface area contributed by atoms with Crippen LogP contribution < -0.4 is 14.2 Å². The molecule has 3 rings (SSSR count). The van der Waals surface area contributed by atoms with Crippen molar-refractivity contribution in [1.29, 1.82) is 0 Å². The first-order valence-electron chi connectivity index (χ1n) is 8.61. The third-order valence-electron chi connectivity index (χ3n) is 3.90. The molecule has 0 saturated carbocycles. The van der Waals surface area contributed by atoms with Gasteiger partial charge in [-0.25, -0.2) is 4.79 Å². The molecular formula is C22H18Cl2O4.